The number of carbonyl (C=O) groups is 2. The molecular formula is C12H12N4O3. The van der Waals surface area contributed by atoms with Gasteiger partial charge in [0.15, 0.2) is 0 Å². The maximum atomic E-state index is 11.4. The minimum absolute atomic E-state index is 0.0415. The highest BCUT2D eigenvalue weighted by molar-refractivity contribution is 5.92. The smallest absolute Gasteiger partial charge is 0.303 e. The third-order valence-corrected chi connectivity index (χ3v) is 2.40. The van der Waals surface area contributed by atoms with Gasteiger partial charge in [-0.05, 0) is 24.3 Å². The molecule has 1 amide bonds. The van der Waals surface area contributed by atoms with Gasteiger partial charge in [0.25, 0.3) is 0 Å². The van der Waals surface area contributed by atoms with Crippen LogP contribution < -0.4 is 5.32 Å². The monoisotopic (exact) mass is 260 g/mol. The van der Waals surface area contributed by atoms with Gasteiger partial charge in [-0.2, -0.15) is 5.10 Å². The maximum absolute atomic E-state index is 11.4. The summed E-state index contributed by atoms with van der Waals surface area (Å²) in [6, 6.07) is 6.99. The van der Waals surface area contributed by atoms with E-state index in [4.69, 9.17) is 5.11 Å². The predicted molar refractivity (Wildman–Crippen MR) is 66.9 cm³/mol. The molecule has 7 heteroatoms. The molecule has 1 aromatic carbocycles. The van der Waals surface area contributed by atoms with E-state index < -0.39 is 5.97 Å². The second-order valence-corrected chi connectivity index (χ2v) is 3.83. The quantitative estimate of drug-likeness (QED) is 0.838. The Kier molecular flexibility index (Phi) is 3.87. The minimum Gasteiger partial charge on any atom is -0.481 e. The molecule has 98 valence electrons. The van der Waals surface area contributed by atoms with E-state index >= 15 is 0 Å². The van der Waals surface area contributed by atoms with E-state index in [-0.39, 0.29) is 18.7 Å². The second kappa shape index (κ2) is 5.76. The highest BCUT2D eigenvalue weighted by Gasteiger charge is 2.06. The van der Waals surface area contributed by atoms with E-state index in [9.17, 15) is 9.59 Å². The summed E-state index contributed by atoms with van der Waals surface area (Å²) in [5, 5.41) is 15.1. The molecule has 19 heavy (non-hydrogen) atoms. The first-order valence-electron chi connectivity index (χ1n) is 5.62. The summed E-state index contributed by atoms with van der Waals surface area (Å²) in [4.78, 5) is 25.6. The largest absolute Gasteiger partial charge is 0.481 e. The summed E-state index contributed by atoms with van der Waals surface area (Å²) >= 11 is 0. The summed E-state index contributed by atoms with van der Waals surface area (Å²) in [6.45, 7) is 0. The van der Waals surface area contributed by atoms with E-state index in [0.717, 1.165) is 5.69 Å². The van der Waals surface area contributed by atoms with Crippen LogP contribution >= 0.6 is 0 Å². The summed E-state index contributed by atoms with van der Waals surface area (Å²) < 4.78 is 1.59. The minimum atomic E-state index is -0.989. The van der Waals surface area contributed by atoms with Crippen LogP contribution in [0.5, 0.6) is 0 Å². The zero-order valence-corrected chi connectivity index (χ0v) is 9.98. The Balaban J connectivity index is 1.95. The fourth-order valence-corrected chi connectivity index (χ4v) is 1.48. The maximum Gasteiger partial charge on any atom is 0.303 e. The molecule has 0 aliphatic heterocycles. The Labute approximate surface area is 108 Å². The van der Waals surface area contributed by atoms with Gasteiger partial charge in [0.1, 0.15) is 12.7 Å². The third kappa shape index (κ3) is 3.63. The van der Waals surface area contributed by atoms with Crippen LogP contribution in [0.4, 0.5) is 5.69 Å². The van der Waals surface area contributed by atoms with Gasteiger partial charge < -0.3 is 10.4 Å². The Morgan fingerprint density at radius 3 is 2.53 bits per heavy atom. The highest BCUT2D eigenvalue weighted by atomic mass is 16.4. The normalized spacial score (nSPS) is 10.1. The zero-order valence-electron chi connectivity index (χ0n) is 9.98. The molecule has 2 N–H and O–H groups in total. The molecule has 0 saturated carbocycles. The van der Waals surface area contributed by atoms with E-state index in [2.05, 4.69) is 15.4 Å². The van der Waals surface area contributed by atoms with Gasteiger partial charge in [-0.15, -0.1) is 0 Å². The number of hydrogen-bond donors (Lipinski definition) is 2. The molecule has 0 atom stereocenters. The number of carboxylic acids is 1. The van der Waals surface area contributed by atoms with Crippen molar-refractivity contribution in [2.75, 3.05) is 5.32 Å². The Hall–Kier alpha value is -2.70. The van der Waals surface area contributed by atoms with Crippen LogP contribution in [0, 0.1) is 0 Å². The fraction of sp³-hybridized carbons (Fsp3) is 0.167. The lowest BCUT2D eigenvalue weighted by atomic mass is 10.2. The van der Waals surface area contributed by atoms with Crippen molar-refractivity contribution in [3.8, 4) is 5.69 Å². The first kappa shape index (κ1) is 12.7. The first-order valence-corrected chi connectivity index (χ1v) is 5.62. The van der Waals surface area contributed by atoms with Crippen LogP contribution in [-0.2, 0) is 9.59 Å². The van der Waals surface area contributed by atoms with Crippen molar-refractivity contribution in [2.24, 2.45) is 0 Å². The lowest BCUT2D eigenvalue weighted by Gasteiger charge is -2.05. The molecule has 0 radical (unpaired) electrons. The Bertz CT molecular complexity index is 563. The van der Waals surface area contributed by atoms with Gasteiger partial charge in [-0.1, -0.05) is 0 Å². The average molecular weight is 260 g/mol. The molecule has 0 spiro atoms. The van der Waals surface area contributed by atoms with Gasteiger partial charge >= 0.3 is 5.97 Å². The van der Waals surface area contributed by atoms with E-state index in [1.54, 1.807) is 35.3 Å². The topological polar surface area (TPSA) is 97.1 Å². The summed E-state index contributed by atoms with van der Waals surface area (Å²) in [7, 11) is 0. The molecule has 0 fully saturated rings. The molecule has 0 saturated heterocycles. The molecule has 0 bridgehead atoms. The van der Waals surface area contributed by atoms with Gasteiger partial charge in [-0.3, -0.25) is 9.59 Å². The Morgan fingerprint density at radius 1 is 1.21 bits per heavy atom. The first-order chi connectivity index (χ1) is 9.15. The number of aliphatic carboxylic acids is 1. The molecule has 2 aromatic rings. The summed E-state index contributed by atoms with van der Waals surface area (Å²) in [6.07, 6.45) is 2.78. The van der Waals surface area contributed by atoms with Crippen LogP contribution in [-0.4, -0.2) is 31.7 Å². The molecule has 0 unspecified atom stereocenters. The molecule has 2 rings (SSSR count). The molecule has 0 aliphatic carbocycles. The van der Waals surface area contributed by atoms with Crippen molar-refractivity contribution >= 4 is 17.6 Å². The predicted octanol–water partition coefficient (Wildman–Crippen LogP) is 1.07. The number of rotatable bonds is 5. The molecule has 7 nitrogen and oxygen atoms in total. The number of benzene rings is 1. The van der Waals surface area contributed by atoms with Gasteiger partial charge in [-0.25, -0.2) is 9.67 Å². The molecule has 0 aliphatic rings. The number of nitrogens with zero attached hydrogens (tertiary/aromatic N) is 3. The number of hydrogen-bond acceptors (Lipinski definition) is 4. The average Bonchev–Trinajstić information content (AvgIpc) is 2.91. The zero-order chi connectivity index (χ0) is 13.7. The summed E-state index contributed by atoms with van der Waals surface area (Å²) in [5.41, 5.74) is 1.43. The Morgan fingerprint density at radius 2 is 1.95 bits per heavy atom. The van der Waals surface area contributed by atoms with E-state index in [0.29, 0.717) is 5.69 Å². The van der Waals surface area contributed by atoms with Crippen LogP contribution in [0.2, 0.25) is 0 Å². The SMILES string of the molecule is O=C(O)CCC(=O)Nc1ccc(-n2cncn2)cc1. The number of nitrogens with one attached hydrogen (secondary N) is 1. The van der Waals surface area contributed by atoms with Crippen molar-refractivity contribution in [1.29, 1.82) is 0 Å². The van der Waals surface area contributed by atoms with Gasteiger partial charge in [0.2, 0.25) is 5.91 Å². The van der Waals surface area contributed by atoms with E-state index in [1.807, 2.05) is 0 Å². The number of anilines is 1. The van der Waals surface area contributed by atoms with E-state index in [1.165, 1.54) is 6.33 Å². The van der Waals surface area contributed by atoms with Crippen LogP contribution in [0.15, 0.2) is 36.9 Å². The number of carboxylic acid groups (broad SMARTS) is 1. The van der Waals surface area contributed by atoms with Crippen LogP contribution in [0.1, 0.15) is 12.8 Å². The number of amides is 1. The summed E-state index contributed by atoms with van der Waals surface area (Å²) in [5.74, 6) is -1.31. The van der Waals surface area contributed by atoms with Crippen molar-refractivity contribution in [2.45, 2.75) is 12.8 Å². The van der Waals surface area contributed by atoms with Crippen molar-refractivity contribution in [3.63, 3.8) is 0 Å². The van der Waals surface area contributed by atoms with Crippen LogP contribution in [0.25, 0.3) is 5.69 Å². The fourth-order valence-electron chi connectivity index (χ4n) is 1.48. The number of aromatic nitrogens is 3. The number of carbonyl (C=O) groups excluding carboxylic acids is 1. The molecule has 1 heterocycles. The molecule has 1 aromatic heterocycles. The molecular weight excluding hydrogens is 248 g/mol. The van der Waals surface area contributed by atoms with Crippen LogP contribution in [0.3, 0.4) is 0 Å². The third-order valence-electron chi connectivity index (χ3n) is 2.40. The second-order valence-electron chi connectivity index (χ2n) is 3.83. The standard InChI is InChI=1S/C12H12N4O3/c17-11(5-6-12(18)19)15-9-1-3-10(4-2-9)16-8-13-7-14-16/h1-4,7-8H,5-6H2,(H,15,17)(H,18,19). The van der Waals surface area contributed by atoms with Gasteiger partial charge in [0.05, 0.1) is 12.1 Å². The van der Waals surface area contributed by atoms with Crippen molar-refractivity contribution in [1.82, 2.24) is 14.8 Å². The highest BCUT2D eigenvalue weighted by Crippen LogP contribution is 2.12. The lowest BCUT2D eigenvalue weighted by molar-refractivity contribution is -0.138. The lowest BCUT2D eigenvalue weighted by Crippen LogP contribution is -2.13. The van der Waals surface area contributed by atoms with Crippen molar-refractivity contribution in [3.05, 3.63) is 36.9 Å². The van der Waals surface area contributed by atoms with Gasteiger partial charge in [0, 0.05) is 12.1 Å². The van der Waals surface area contributed by atoms with Crippen molar-refractivity contribution < 1.29 is 14.7 Å².